The van der Waals surface area contributed by atoms with Crippen LogP contribution in [0.2, 0.25) is 5.02 Å². The van der Waals surface area contributed by atoms with Crippen LogP contribution >= 0.6 is 11.6 Å². The highest BCUT2D eigenvalue weighted by Crippen LogP contribution is 2.23. The Balaban J connectivity index is 1.72. The van der Waals surface area contributed by atoms with Gasteiger partial charge in [-0.3, -0.25) is 14.5 Å². The predicted molar refractivity (Wildman–Crippen MR) is 107 cm³/mol. The molecule has 7 nitrogen and oxygen atoms in total. The summed E-state index contributed by atoms with van der Waals surface area (Å²) in [5.74, 6) is -1.68. The molecule has 10 heteroatoms. The van der Waals surface area contributed by atoms with Crippen LogP contribution in [0, 0.1) is 11.6 Å². The first-order chi connectivity index (χ1) is 13.8. The minimum atomic E-state index is -0.906. The van der Waals surface area contributed by atoms with Gasteiger partial charge in [-0.1, -0.05) is 11.6 Å². The third-order valence-corrected chi connectivity index (χ3v) is 4.92. The van der Waals surface area contributed by atoms with Crippen LogP contribution in [-0.2, 0) is 4.79 Å². The summed E-state index contributed by atoms with van der Waals surface area (Å²) < 4.78 is 27.9. The second kappa shape index (κ2) is 8.87. The van der Waals surface area contributed by atoms with Crippen molar-refractivity contribution >= 4 is 23.2 Å². The Hall–Kier alpha value is -2.52. The molecule has 1 N–H and O–H groups in total. The first-order valence-electron chi connectivity index (χ1n) is 9.26. The average molecular weight is 426 g/mol. The van der Waals surface area contributed by atoms with Gasteiger partial charge in [0.05, 0.1) is 18.4 Å². The molecule has 156 valence electrons. The summed E-state index contributed by atoms with van der Waals surface area (Å²) in [6.07, 6.45) is 1.40. The maximum atomic E-state index is 14.0. The molecule has 0 aliphatic carbocycles. The van der Waals surface area contributed by atoms with E-state index in [2.05, 4.69) is 10.4 Å². The maximum absolute atomic E-state index is 14.0. The molecule has 0 bridgehead atoms. The zero-order chi connectivity index (χ0) is 21.1. The molecule has 3 rings (SSSR count). The van der Waals surface area contributed by atoms with Gasteiger partial charge in [0.25, 0.3) is 5.56 Å². The predicted octanol–water partition coefficient (Wildman–Crippen LogP) is 1.81. The van der Waals surface area contributed by atoms with Gasteiger partial charge < -0.3 is 10.2 Å². The highest BCUT2D eigenvalue weighted by Gasteiger charge is 2.23. The van der Waals surface area contributed by atoms with Crippen LogP contribution in [-0.4, -0.2) is 59.4 Å². The van der Waals surface area contributed by atoms with Crippen LogP contribution in [0.3, 0.4) is 0 Å². The highest BCUT2D eigenvalue weighted by atomic mass is 35.5. The number of rotatable bonds is 5. The fraction of sp³-hybridized carbons (Fsp3) is 0.421. The second-order valence-electron chi connectivity index (χ2n) is 7.14. The summed E-state index contributed by atoms with van der Waals surface area (Å²) in [6, 6.07) is 2.95. The number of hydrogen-bond donors (Lipinski definition) is 1. The van der Waals surface area contributed by atoms with Gasteiger partial charge in [0, 0.05) is 38.3 Å². The third-order valence-electron chi connectivity index (χ3n) is 4.57. The molecular formula is C19H22ClF2N5O2. The number of hydrogen-bond acceptors (Lipinski definition) is 5. The fourth-order valence-corrected chi connectivity index (χ4v) is 3.44. The number of nitrogens with one attached hydrogen (secondary N) is 1. The molecule has 2 heterocycles. The van der Waals surface area contributed by atoms with E-state index in [1.54, 1.807) is 0 Å². The molecule has 0 atom stereocenters. The Labute approximate surface area is 171 Å². The third kappa shape index (κ3) is 4.91. The van der Waals surface area contributed by atoms with E-state index in [1.165, 1.54) is 6.20 Å². The lowest BCUT2D eigenvalue weighted by Gasteiger charge is -2.35. The van der Waals surface area contributed by atoms with E-state index < -0.39 is 17.2 Å². The van der Waals surface area contributed by atoms with Gasteiger partial charge >= 0.3 is 0 Å². The quantitative estimate of drug-likeness (QED) is 0.791. The number of halogens is 3. The average Bonchev–Trinajstić information content (AvgIpc) is 2.65. The minimum absolute atomic E-state index is 0.0305. The summed E-state index contributed by atoms with van der Waals surface area (Å²) in [7, 11) is 0. The van der Waals surface area contributed by atoms with Gasteiger partial charge in [0.2, 0.25) is 5.91 Å². The van der Waals surface area contributed by atoms with Crippen molar-refractivity contribution in [2.75, 3.05) is 37.6 Å². The number of carbonyl (C=O) groups is 1. The lowest BCUT2D eigenvalue weighted by Crippen LogP contribution is -2.50. The Morgan fingerprint density at radius 1 is 1.21 bits per heavy atom. The van der Waals surface area contributed by atoms with Gasteiger partial charge in [-0.05, 0) is 26.0 Å². The minimum Gasteiger partial charge on any atom is -0.366 e. The van der Waals surface area contributed by atoms with Crippen molar-refractivity contribution in [1.82, 2.24) is 20.0 Å². The molecule has 1 saturated heterocycles. The van der Waals surface area contributed by atoms with Gasteiger partial charge in [-0.15, -0.1) is 0 Å². The second-order valence-corrected chi connectivity index (χ2v) is 7.52. The normalized spacial score (nSPS) is 15.0. The van der Waals surface area contributed by atoms with Crippen molar-refractivity contribution in [2.45, 2.75) is 19.9 Å². The summed E-state index contributed by atoms with van der Waals surface area (Å²) in [5.41, 5.74) is -0.416. The maximum Gasteiger partial charge on any atom is 0.292 e. The van der Waals surface area contributed by atoms with Gasteiger partial charge in [-0.2, -0.15) is 9.78 Å². The number of aromatic nitrogens is 2. The van der Waals surface area contributed by atoms with Crippen molar-refractivity contribution in [3.63, 3.8) is 0 Å². The van der Waals surface area contributed by atoms with Crippen molar-refractivity contribution in [2.24, 2.45) is 0 Å². The van der Waals surface area contributed by atoms with E-state index in [-0.39, 0.29) is 22.7 Å². The van der Waals surface area contributed by atoms with E-state index >= 15 is 0 Å². The molecule has 0 unspecified atom stereocenters. The van der Waals surface area contributed by atoms with Crippen molar-refractivity contribution < 1.29 is 13.6 Å². The van der Waals surface area contributed by atoms with Crippen LogP contribution < -0.4 is 15.8 Å². The van der Waals surface area contributed by atoms with Crippen LogP contribution in [0.5, 0.6) is 0 Å². The number of nitrogens with zero attached hydrogens (tertiary/aromatic N) is 4. The zero-order valence-electron chi connectivity index (χ0n) is 16.2. The lowest BCUT2D eigenvalue weighted by atomic mass is 10.2. The van der Waals surface area contributed by atoms with E-state index in [0.717, 1.165) is 16.8 Å². The zero-order valence-corrected chi connectivity index (χ0v) is 16.9. The molecule has 0 spiro atoms. The lowest BCUT2D eigenvalue weighted by molar-refractivity contribution is -0.122. The standard InChI is InChI=1S/C19H22ClF2N5O2/c1-12(2)24-17(28)11-25-5-7-26(8-6-25)16-10-23-27(19(29)18(16)20)15-4-3-13(21)9-14(15)22/h3-4,9-10,12H,5-8,11H2,1-2H3,(H,24,28). The van der Waals surface area contributed by atoms with E-state index in [4.69, 9.17) is 11.6 Å². The number of piperazine rings is 1. The van der Waals surface area contributed by atoms with Crippen molar-refractivity contribution in [3.05, 3.63) is 51.4 Å². The largest absolute Gasteiger partial charge is 0.366 e. The molecule has 0 saturated carbocycles. The topological polar surface area (TPSA) is 70.5 Å². The van der Waals surface area contributed by atoms with E-state index in [0.29, 0.717) is 44.5 Å². The molecular weight excluding hydrogens is 404 g/mol. The number of benzene rings is 1. The van der Waals surface area contributed by atoms with Gasteiger partial charge in [0.15, 0.2) is 5.82 Å². The SMILES string of the molecule is CC(C)NC(=O)CN1CCN(c2cnn(-c3ccc(F)cc3F)c(=O)c2Cl)CC1. The molecule has 1 fully saturated rings. The summed E-state index contributed by atoms with van der Waals surface area (Å²) in [5, 5.41) is 6.78. The van der Waals surface area contributed by atoms with Gasteiger partial charge in [-0.25, -0.2) is 8.78 Å². The molecule has 1 aliphatic rings. The van der Waals surface area contributed by atoms with Crippen LogP contribution in [0.15, 0.2) is 29.2 Å². The first kappa shape index (κ1) is 21.2. The molecule has 29 heavy (non-hydrogen) atoms. The highest BCUT2D eigenvalue weighted by molar-refractivity contribution is 6.33. The number of anilines is 1. The van der Waals surface area contributed by atoms with Crippen LogP contribution in [0.1, 0.15) is 13.8 Å². The molecule has 1 aromatic carbocycles. The van der Waals surface area contributed by atoms with Crippen molar-refractivity contribution in [3.8, 4) is 5.69 Å². The molecule has 1 aliphatic heterocycles. The molecule has 1 aromatic heterocycles. The van der Waals surface area contributed by atoms with Crippen LogP contribution in [0.4, 0.5) is 14.5 Å². The van der Waals surface area contributed by atoms with E-state index in [1.807, 2.05) is 23.6 Å². The number of carbonyl (C=O) groups excluding carboxylic acids is 1. The monoisotopic (exact) mass is 425 g/mol. The fourth-order valence-electron chi connectivity index (χ4n) is 3.19. The number of amides is 1. The Morgan fingerprint density at radius 3 is 2.52 bits per heavy atom. The molecule has 1 amide bonds. The first-order valence-corrected chi connectivity index (χ1v) is 9.64. The smallest absolute Gasteiger partial charge is 0.292 e. The molecule has 2 aromatic rings. The van der Waals surface area contributed by atoms with Crippen molar-refractivity contribution in [1.29, 1.82) is 0 Å². The summed E-state index contributed by atoms with van der Waals surface area (Å²) in [4.78, 5) is 28.4. The Kier molecular flexibility index (Phi) is 6.49. The Bertz CT molecular complexity index is 958. The van der Waals surface area contributed by atoms with E-state index in [9.17, 15) is 18.4 Å². The van der Waals surface area contributed by atoms with Crippen LogP contribution in [0.25, 0.3) is 5.69 Å². The van der Waals surface area contributed by atoms with Gasteiger partial charge in [0.1, 0.15) is 16.5 Å². The molecule has 0 radical (unpaired) electrons. The Morgan fingerprint density at radius 2 is 1.90 bits per heavy atom. The summed E-state index contributed by atoms with van der Waals surface area (Å²) >= 11 is 6.25. The summed E-state index contributed by atoms with van der Waals surface area (Å²) in [6.45, 7) is 6.49.